The van der Waals surface area contributed by atoms with Gasteiger partial charge in [-0.2, -0.15) is 0 Å². The quantitative estimate of drug-likeness (QED) is 0.564. The van der Waals surface area contributed by atoms with Gasteiger partial charge in [0.15, 0.2) is 0 Å². The van der Waals surface area contributed by atoms with Crippen LogP contribution in [0.5, 0.6) is 5.75 Å². The molecular weight excluding hydrogens is 144 g/mol. The lowest BCUT2D eigenvalue weighted by Gasteiger charge is -1.97. The Morgan fingerprint density at radius 1 is 1.50 bits per heavy atom. The summed E-state index contributed by atoms with van der Waals surface area (Å²) < 4.78 is 5.34. The minimum absolute atomic E-state index is 0.778. The van der Waals surface area contributed by atoms with E-state index < -0.39 is 0 Å². The van der Waals surface area contributed by atoms with Crippen LogP contribution >= 0.6 is 11.8 Å². The Hall–Kier alpha value is -0.630. The highest BCUT2D eigenvalue weighted by Gasteiger charge is 2.13. The fourth-order valence-electron chi connectivity index (χ4n) is 1.08. The van der Waals surface area contributed by atoms with Crippen molar-refractivity contribution < 1.29 is 4.74 Å². The van der Waals surface area contributed by atoms with Crippen molar-refractivity contribution in [2.24, 2.45) is 0 Å². The second kappa shape index (κ2) is 2.20. The van der Waals surface area contributed by atoms with Crippen molar-refractivity contribution in [3.63, 3.8) is 0 Å². The summed E-state index contributed by atoms with van der Waals surface area (Å²) in [5.74, 6) is 1.82. The molecule has 52 valence electrons. The second-order valence-electron chi connectivity index (χ2n) is 2.31. The molecule has 0 saturated heterocycles. The van der Waals surface area contributed by atoms with Crippen LogP contribution in [0.4, 0.5) is 0 Å². The van der Waals surface area contributed by atoms with Crippen molar-refractivity contribution in [2.45, 2.75) is 11.8 Å². The summed E-state index contributed by atoms with van der Waals surface area (Å²) in [5, 5.41) is 0. The maximum atomic E-state index is 5.34. The first-order valence-corrected chi connectivity index (χ1v) is 4.22. The van der Waals surface area contributed by atoms with Crippen LogP contribution in [0.3, 0.4) is 0 Å². The normalized spacial score (nSPS) is 14.5. The Balaban J connectivity index is 2.59. The van der Waals surface area contributed by atoms with Crippen LogP contribution in [0.1, 0.15) is 5.56 Å². The molecule has 1 heterocycles. The van der Waals surface area contributed by atoms with E-state index >= 15 is 0 Å². The van der Waals surface area contributed by atoms with Gasteiger partial charge in [-0.3, -0.25) is 0 Å². The maximum absolute atomic E-state index is 5.34. The Morgan fingerprint density at radius 2 is 2.40 bits per heavy atom. The van der Waals surface area contributed by atoms with Crippen molar-refractivity contribution in [3.8, 4) is 5.75 Å². The Bertz CT molecular complexity index is 257. The summed E-state index contributed by atoms with van der Waals surface area (Å²) in [5.41, 5.74) is 1.32. The van der Waals surface area contributed by atoms with Crippen molar-refractivity contribution >= 4 is 11.8 Å². The zero-order valence-electron chi connectivity index (χ0n) is 5.76. The Kier molecular flexibility index (Phi) is 1.34. The Morgan fingerprint density at radius 3 is 3.20 bits per heavy atom. The van der Waals surface area contributed by atoms with E-state index in [9.17, 15) is 0 Å². The first-order valence-electron chi connectivity index (χ1n) is 3.23. The van der Waals surface area contributed by atoms with Gasteiger partial charge in [0.1, 0.15) is 11.7 Å². The van der Waals surface area contributed by atoms with Gasteiger partial charge < -0.3 is 4.74 Å². The molecule has 2 heteroatoms. The lowest BCUT2D eigenvalue weighted by atomic mass is 10.2. The molecule has 0 amide bonds. The number of benzene rings is 1. The molecule has 0 saturated carbocycles. The summed E-state index contributed by atoms with van der Waals surface area (Å²) in [6.45, 7) is 2.11. The van der Waals surface area contributed by atoms with Gasteiger partial charge in [0.05, 0.1) is 4.90 Å². The van der Waals surface area contributed by atoms with Crippen molar-refractivity contribution in [1.82, 2.24) is 0 Å². The highest BCUT2D eigenvalue weighted by molar-refractivity contribution is 7.99. The zero-order chi connectivity index (χ0) is 6.97. The van der Waals surface area contributed by atoms with E-state index in [0.717, 1.165) is 11.7 Å². The molecule has 1 aliphatic rings. The van der Waals surface area contributed by atoms with Crippen LogP contribution in [0.2, 0.25) is 0 Å². The molecule has 0 unspecified atom stereocenters. The maximum Gasteiger partial charge on any atom is 0.138 e. The third-order valence-corrected chi connectivity index (χ3v) is 2.64. The van der Waals surface area contributed by atoms with E-state index in [4.69, 9.17) is 4.74 Å². The first-order chi connectivity index (χ1) is 4.88. The summed E-state index contributed by atoms with van der Waals surface area (Å²) in [7, 11) is 0. The largest absolute Gasteiger partial charge is 0.481 e. The van der Waals surface area contributed by atoms with Crippen molar-refractivity contribution in [1.29, 1.82) is 0 Å². The summed E-state index contributed by atoms with van der Waals surface area (Å²) >= 11 is 1.77. The molecule has 0 aromatic heterocycles. The number of ether oxygens (including phenoxy) is 1. The van der Waals surface area contributed by atoms with Gasteiger partial charge in [0, 0.05) is 0 Å². The predicted molar refractivity (Wildman–Crippen MR) is 42.5 cm³/mol. The average molecular weight is 152 g/mol. The van der Waals surface area contributed by atoms with E-state index in [-0.39, 0.29) is 0 Å². The Labute approximate surface area is 64.4 Å². The van der Waals surface area contributed by atoms with Gasteiger partial charge in [-0.15, -0.1) is 0 Å². The van der Waals surface area contributed by atoms with Crippen LogP contribution in [0.25, 0.3) is 0 Å². The lowest BCUT2D eigenvalue weighted by Crippen LogP contribution is -1.81. The molecule has 1 aliphatic heterocycles. The highest BCUT2D eigenvalue weighted by Crippen LogP contribution is 2.37. The average Bonchev–Trinajstić information content (AvgIpc) is 2.36. The molecule has 2 rings (SSSR count). The number of hydrogen-bond acceptors (Lipinski definition) is 2. The SMILES string of the molecule is Cc1cccc2c1SCO2. The minimum Gasteiger partial charge on any atom is -0.481 e. The molecule has 0 bridgehead atoms. The second-order valence-corrected chi connectivity index (χ2v) is 3.24. The fraction of sp³-hybridized carbons (Fsp3) is 0.250. The van der Waals surface area contributed by atoms with Gasteiger partial charge in [-0.05, 0) is 18.6 Å². The molecule has 0 aliphatic carbocycles. The van der Waals surface area contributed by atoms with Crippen LogP contribution < -0.4 is 4.74 Å². The van der Waals surface area contributed by atoms with E-state index in [1.807, 2.05) is 12.1 Å². The van der Waals surface area contributed by atoms with Crippen molar-refractivity contribution in [3.05, 3.63) is 23.8 Å². The third kappa shape index (κ3) is 0.797. The molecule has 0 fully saturated rings. The van der Waals surface area contributed by atoms with Gasteiger partial charge in [0.2, 0.25) is 0 Å². The summed E-state index contributed by atoms with van der Waals surface area (Å²) in [6, 6.07) is 6.16. The molecule has 1 aromatic carbocycles. The first kappa shape index (κ1) is 6.10. The molecular formula is C8H8OS. The van der Waals surface area contributed by atoms with Crippen LogP contribution in [0.15, 0.2) is 23.1 Å². The van der Waals surface area contributed by atoms with Gasteiger partial charge in [-0.1, -0.05) is 23.9 Å². The third-order valence-electron chi connectivity index (χ3n) is 1.59. The molecule has 1 nitrogen and oxygen atoms in total. The van der Waals surface area contributed by atoms with Gasteiger partial charge in [0.25, 0.3) is 0 Å². The van der Waals surface area contributed by atoms with E-state index in [2.05, 4.69) is 13.0 Å². The monoisotopic (exact) mass is 152 g/mol. The lowest BCUT2D eigenvalue weighted by molar-refractivity contribution is 0.397. The zero-order valence-corrected chi connectivity index (χ0v) is 6.57. The fourth-order valence-corrected chi connectivity index (χ4v) is 1.94. The smallest absolute Gasteiger partial charge is 0.138 e. The number of aryl methyl sites for hydroxylation is 1. The predicted octanol–water partition coefficient (Wildman–Crippen LogP) is 2.44. The highest BCUT2D eigenvalue weighted by atomic mass is 32.2. The standard InChI is InChI=1S/C8H8OS/c1-6-3-2-4-7-8(6)10-5-9-7/h2-4H,5H2,1H3. The molecule has 1 aromatic rings. The number of rotatable bonds is 0. The summed E-state index contributed by atoms with van der Waals surface area (Å²) in [4.78, 5) is 1.31. The number of hydrogen-bond donors (Lipinski definition) is 0. The van der Waals surface area contributed by atoms with Crippen LogP contribution in [0, 0.1) is 6.92 Å². The topological polar surface area (TPSA) is 9.23 Å². The molecule has 10 heavy (non-hydrogen) atoms. The van der Waals surface area contributed by atoms with Crippen LogP contribution in [-0.4, -0.2) is 5.94 Å². The molecule has 0 radical (unpaired) electrons. The molecule has 0 atom stereocenters. The molecule has 0 N–H and O–H groups in total. The van der Waals surface area contributed by atoms with E-state index in [1.165, 1.54) is 10.5 Å². The van der Waals surface area contributed by atoms with Crippen molar-refractivity contribution in [2.75, 3.05) is 5.94 Å². The van der Waals surface area contributed by atoms with E-state index in [0.29, 0.717) is 0 Å². The van der Waals surface area contributed by atoms with Gasteiger partial charge >= 0.3 is 0 Å². The number of thioether (sulfide) groups is 1. The summed E-state index contributed by atoms with van der Waals surface area (Å²) in [6.07, 6.45) is 0. The minimum atomic E-state index is 0.778. The van der Waals surface area contributed by atoms with Crippen LogP contribution in [-0.2, 0) is 0 Å². The number of fused-ring (bicyclic) bond motifs is 1. The van der Waals surface area contributed by atoms with Gasteiger partial charge in [-0.25, -0.2) is 0 Å². The van der Waals surface area contributed by atoms with E-state index in [1.54, 1.807) is 11.8 Å². The molecule has 0 spiro atoms.